The quantitative estimate of drug-likeness (QED) is 0.495. The van der Waals surface area contributed by atoms with E-state index in [1.807, 2.05) is 30.3 Å². The molecule has 1 aliphatic heterocycles. The zero-order chi connectivity index (χ0) is 18.9. The molecule has 3 rings (SSSR count). The summed E-state index contributed by atoms with van der Waals surface area (Å²) in [5, 5.41) is 3.22. The van der Waals surface area contributed by atoms with E-state index in [0.29, 0.717) is 23.9 Å². The molecule has 1 aliphatic rings. The average molecular weight is 371 g/mol. The fourth-order valence-corrected chi connectivity index (χ4v) is 2.75. The number of rotatable bonds is 8. The van der Waals surface area contributed by atoms with Crippen molar-refractivity contribution in [2.24, 2.45) is 0 Å². The topological polar surface area (TPSA) is 117 Å². The van der Waals surface area contributed by atoms with Crippen LogP contribution in [0.3, 0.4) is 0 Å². The predicted molar refractivity (Wildman–Crippen MR) is 104 cm³/mol. The van der Waals surface area contributed by atoms with E-state index in [0.717, 1.165) is 38.4 Å². The van der Waals surface area contributed by atoms with Gasteiger partial charge >= 0.3 is 0 Å². The second-order valence-corrected chi connectivity index (χ2v) is 6.20. The SMILES string of the molecule is Nc1c(NCCN2CCOCC2)ncnc1NNC(=O)Cc1ccccc1. The molecule has 2 heterocycles. The Bertz CT molecular complexity index is 736. The number of morpholine rings is 1. The Morgan fingerprint density at radius 1 is 1.15 bits per heavy atom. The summed E-state index contributed by atoms with van der Waals surface area (Å²) >= 11 is 0. The maximum absolute atomic E-state index is 12.0. The number of nitrogens with two attached hydrogens (primary N) is 1. The second kappa shape index (κ2) is 9.70. The van der Waals surface area contributed by atoms with Gasteiger partial charge in [0.05, 0.1) is 19.6 Å². The standard InChI is InChI=1S/C18H25N7O2/c19-16-17(20-6-7-25-8-10-27-11-9-25)21-13-22-18(16)24-23-15(26)12-14-4-2-1-3-5-14/h1-5,13H,6-12,19H2,(H,23,26)(H2,20,21,22,24). The van der Waals surface area contributed by atoms with E-state index >= 15 is 0 Å². The lowest BCUT2D eigenvalue weighted by Crippen LogP contribution is -2.39. The van der Waals surface area contributed by atoms with Gasteiger partial charge in [-0.05, 0) is 5.56 Å². The molecule has 1 amide bonds. The minimum absolute atomic E-state index is 0.180. The Kier molecular flexibility index (Phi) is 6.78. The summed E-state index contributed by atoms with van der Waals surface area (Å²) in [5.74, 6) is 0.722. The smallest absolute Gasteiger partial charge is 0.242 e. The number of benzene rings is 1. The number of hydrogen-bond acceptors (Lipinski definition) is 8. The van der Waals surface area contributed by atoms with Gasteiger partial charge in [-0.25, -0.2) is 9.97 Å². The number of nitrogens with zero attached hydrogens (tertiary/aromatic N) is 3. The highest BCUT2D eigenvalue weighted by Gasteiger charge is 2.12. The van der Waals surface area contributed by atoms with Gasteiger partial charge in [-0.3, -0.25) is 20.5 Å². The van der Waals surface area contributed by atoms with Crippen molar-refractivity contribution in [1.82, 2.24) is 20.3 Å². The summed E-state index contributed by atoms with van der Waals surface area (Å²) in [6, 6.07) is 9.50. The molecule has 1 aromatic heterocycles. The van der Waals surface area contributed by atoms with Crippen LogP contribution in [0.2, 0.25) is 0 Å². The number of ether oxygens (including phenoxy) is 1. The Balaban J connectivity index is 1.47. The van der Waals surface area contributed by atoms with Crippen molar-refractivity contribution >= 4 is 23.2 Å². The minimum Gasteiger partial charge on any atom is -0.393 e. The van der Waals surface area contributed by atoms with Crippen LogP contribution in [0, 0.1) is 0 Å². The van der Waals surface area contributed by atoms with Crippen molar-refractivity contribution in [1.29, 1.82) is 0 Å². The fraction of sp³-hybridized carbons (Fsp3) is 0.389. The highest BCUT2D eigenvalue weighted by Crippen LogP contribution is 2.21. The molecule has 0 aliphatic carbocycles. The van der Waals surface area contributed by atoms with Crippen LogP contribution in [0.1, 0.15) is 5.56 Å². The summed E-state index contributed by atoms with van der Waals surface area (Å²) in [6.45, 7) is 4.99. The Morgan fingerprint density at radius 3 is 2.67 bits per heavy atom. The molecule has 0 unspecified atom stereocenters. The highest BCUT2D eigenvalue weighted by molar-refractivity contribution is 5.81. The first-order chi connectivity index (χ1) is 13.2. The number of anilines is 3. The average Bonchev–Trinajstić information content (AvgIpc) is 2.70. The number of amides is 1. The summed E-state index contributed by atoms with van der Waals surface area (Å²) in [5.41, 5.74) is 12.8. The highest BCUT2D eigenvalue weighted by atomic mass is 16.5. The number of carbonyl (C=O) groups excluding carboxylic acids is 1. The van der Waals surface area contributed by atoms with Crippen LogP contribution in [0.15, 0.2) is 36.7 Å². The van der Waals surface area contributed by atoms with Crippen LogP contribution >= 0.6 is 0 Å². The summed E-state index contributed by atoms with van der Waals surface area (Å²) in [4.78, 5) is 22.6. The molecule has 9 heteroatoms. The molecule has 1 saturated heterocycles. The first-order valence-corrected chi connectivity index (χ1v) is 8.95. The van der Waals surface area contributed by atoms with Gasteiger partial charge in [0.25, 0.3) is 0 Å². The van der Waals surface area contributed by atoms with Crippen LogP contribution < -0.4 is 21.9 Å². The molecule has 2 aromatic rings. The maximum atomic E-state index is 12.0. The molecule has 1 aromatic carbocycles. The molecule has 0 saturated carbocycles. The van der Waals surface area contributed by atoms with Crippen LogP contribution in [0.5, 0.6) is 0 Å². The molecule has 27 heavy (non-hydrogen) atoms. The van der Waals surface area contributed by atoms with Crippen LogP contribution in [0.4, 0.5) is 17.3 Å². The Hall–Kier alpha value is -2.91. The third-order valence-corrected chi connectivity index (χ3v) is 4.24. The van der Waals surface area contributed by atoms with Crippen molar-refractivity contribution < 1.29 is 9.53 Å². The minimum atomic E-state index is -0.180. The van der Waals surface area contributed by atoms with E-state index in [9.17, 15) is 4.79 Å². The Labute approximate surface area is 158 Å². The van der Waals surface area contributed by atoms with Crippen molar-refractivity contribution in [3.8, 4) is 0 Å². The first-order valence-electron chi connectivity index (χ1n) is 8.95. The lowest BCUT2D eigenvalue weighted by atomic mass is 10.1. The molecule has 1 fully saturated rings. The Morgan fingerprint density at radius 2 is 1.89 bits per heavy atom. The van der Waals surface area contributed by atoms with Gasteiger partial charge in [-0.2, -0.15) is 0 Å². The van der Waals surface area contributed by atoms with Gasteiger partial charge in [0.15, 0.2) is 11.6 Å². The number of nitrogen functional groups attached to an aromatic ring is 1. The maximum Gasteiger partial charge on any atom is 0.242 e. The monoisotopic (exact) mass is 371 g/mol. The van der Waals surface area contributed by atoms with Crippen molar-refractivity contribution in [3.63, 3.8) is 0 Å². The first kappa shape index (κ1) is 18.9. The predicted octanol–water partition coefficient (Wildman–Crippen LogP) is 0.489. The number of nitrogens with one attached hydrogen (secondary N) is 3. The molecular formula is C18H25N7O2. The van der Waals surface area contributed by atoms with Gasteiger partial charge in [0, 0.05) is 26.2 Å². The third-order valence-electron chi connectivity index (χ3n) is 4.24. The van der Waals surface area contributed by atoms with Gasteiger partial charge in [0.1, 0.15) is 12.0 Å². The normalized spacial score (nSPS) is 14.5. The van der Waals surface area contributed by atoms with E-state index in [1.54, 1.807) is 0 Å². The van der Waals surface area contributed by atoms with E-state index in [1.165, 1.54) is 6.33 Å². The zero-order valence-corrected chi connectivity index (χ0v) is 15.1. The number of hydrogen-bond donors (Lipinski definition) is 4. The molecule has 0 radical (unpaired) electrons. The van der Waals surface area contributed by atoms with Gasteiger partial charge in [0.2, 0.25) is 5.91 Å². The summed E-state index contributed by atoms with van der Waals surface area (Å²) < 4.78 is 5.34. The molecule has 5 N–H and O–H groups in total. The summed E-state index contributed by atoms with van der Waals surface area (Å²) in [7, 11) is 0. The molecule has 0 spiro atoms. The van der Waals surface area contributed by atoms with Gasteiger partial charge in [-0.15, -0.1) is 0 Å². The molecule has 0 bridgehead atoms. The van der Waals surface area contributed by atoms with Crippen LogP contribution in [0.25, 0.3) is 0 Å². The molecule has 144 valence electrons. The van der Waals surface area contributed by atoms with Crippen molar-refractivity contribution in [2.75, 3.05) is 55.9 Å². The van der Waals surface area contributed by atoms with E-state index in [2.05, 4.69) is 31.0 Å². The molecule has 0 atom stereocenters. The number of carbonyl (C=O) groups is 1. The third kappa shape index (κ3) is 5.80. The van der Waals surface area contributed by atoms with Crippen LogP contribution in [-0.2, 0) is 16.0 Å². The van der Waals surface area contributed by atoms with E-state index in [-0.39, 0.29) is 12.3 Å². The molecule has 9 nitrogen and oxygen atoms in total. The molecular weight excluding hydrogens is 346 g/mol. The lowest BCUT2D eigenvalue weighted by Gasteiger charge is -2.26. The van der Waals surface area contributed by atoms with Crippen molar-refractivity contribution in [3.05, 3.63) is 42.2 Å². The number of aromatic nitrogens is 2. The summed E-state index contributed by atoms with van der Waals surface area (Å²) in [6.07, 6.45) is 1.67. The van der Waals surface area contributed by atoms with Gasteiger partial charge < -0.3 is 15.8 Å². The lowest BCUT2D eigenvalue weighted by molar-refractivity contribution is -0.119. The van der Waals surface area contributed by atoms with Crippen LogP contribution in [-0.4, -0.2) is 60.2 Å². The fourth-order valence-electron chi connectivity index (χ4n) is 2.75. The number of hydrazine groups is 1. The van der Waals surface area contributed by atoms with E-state index in [4.69, 9.17) is 10.5 Å². The second-order valence-electron chi connectivity index (χ2n) is 6.20. The van der Waals surface area contributed by atoms with Crippen molar-refractivity contribution in [2.45, 2.75) is 6.42 Å². The van der Waals surface area contributed by atoms with Gasteiger partial charge in [-0.1, -0.05) is 30.3 Å². The largest absolute Gasteiger partial charge is 0.393 e. The van der Waals surface area contributed by atoms with E-state index < -0.39 is 0 Å². The zero-order valence-electron chi connectivity index (χ0n) is 15.1.